The lowest BCUT2D eigenvalue weighted by Crippen LogP contribution is -2.23. The Morgan fingerprint density at radius 2 is 1.83 bits per heavy atom. The first kappa shape index (κ1) is 21.4. The first-order valence-corrected chi connectivity index (χ1v) is 9.56. The minimum atomic E-state index is -4.47. The Bertz CT molecular complexity index is 982. The first-order valence-electron chi connectivity index (χ1n) is 9.56. The average Bonchev–Trinajstić information content (AvgIpc) is 3.23. The van der Waals surface area contributed by atoms with Crippen LogP contribution in [0.25, 0.3) is 5.69 Å². The Hall–Kier alpha value is -3.29. The molecule has 5 nitrogen and oxygen atoms in total. The number of para-hydroxylation sites is 1. The molecule has 0 unspecified atom stereocenters. The summed E-state index contributed by atoms with van der Waals surface area (Å²) in [5.41, 5.74) is 1.39. The molecule has 2 aromatic carbocycles. The van der Waals surface area contributed by atoms with Crippen LogP contribution >= 0.6 is 0 Å². The van der Waals surface area contributed by atoms with E-state index in [4.69, 9.17) is 4.74 Å². The number of carbonyl (C=O) groups excluding carboxylic acids is 1. The topological polar surface area (TPSA) is 56.1 Å². The number of carbonyl (C=O) groups is 1. The third-order valence-electron chi connectivity index (χ3n) is 4.46. The molecule has 0 radical (unpaired) electrons. The van der Waals surface area contributed by atoms with E-state index in [1.807, 2.05) is 31.2 Å². The number of hydrogen-bond donors (Lipinski definition) is 1. The smallest absolute Gasteiger partial charge is 0.435 e. The van der Waals surface area contributed by atoms with E-state index in [0.29, 0.717) is 31.7 Å². The number of aryl methyl sites for hydroxylation is 1. The molecule has 158 valence electrons. The maximum atomic E-state index is 12.7. The van der Waals surface area contributed by atoms with Crippen LogP contribution in [0.1, 0.15) is 30.2 Å². The van der Waals surface area contributed by atoms with Crippen LogP contribution in [0.5, 0.6) is 5.75 Å². The number of halogens is 3. The summed E-state index contributed by atoms with van der Waals surface area (Å²) in [7, 11) is 0. The van der Waals surface area contributed by atoms with Gasteiger partial charge in [-0.25, -0.2) is 4.68 Å². The standard InChI is InChI=1S/C22H22F3N3O2/c1-2-30-19-6-4-3-5-17(19)9-12-21(29)26-15-16-7-10-18(11-8-16)28-14-13-20(27-28)22(23,24)25/h3-8,10-11,13-14H,2,9,12,15H2,1H3,(H,26,29). The van der Waals surface area contributed by atoms with Gasteiger partial charge in [-0.1, -0.05) is 30.3 Å². The molecule has 1 heterocycles. The fourth-order valence-corrected chi connectivity index (χ4v) is 2.93. The molecule has 0 saturated heterocycles. The second kappa shape index (κ2) is 9.47. The summed E-state index contributed by atoms with van der Waals surface area (Å²) < 4.78 is 44.7. The van der Waals surface area contributed by atoms with Crippen LogP contribution in [0.4, 0.5) is 13.2 Å². The number of ether oxygens (including phenoxy) is 1. The van der Waals surface area contributed by atoms with Crippen molar-refractivity contribution in [1.82, 2.24) is 15.1 Å². The molecule has 0 fully saturated rings. The van der Waals surface area contributed by atoms with E-state index >= 15 is 0 Å². The lowest BCUT2D eigenvalue weighted by Gasteiger charge is -2.10. The molecule has 3 rings (SSSR count). The molecule has 30 heavy (non-hydrogen) atoms. The fourth-order valence-electron chi connectivity index (χ4n) is 2.93. The van der Waals surface area contributed by atoms with Crippen molar-refractivity contribution in [3.8, 4) is 11.4 Å². The fraction of sp³-hybridized carbons (Fsp3) is 0.273. The Balaban J connectivity index is 1.51. The SMILES string of the molecule is CCOc1ccccc1CCC(=O)NCc1ccc(-n2ccc(C(F)(F)F)n2)cc1. The van der Waals surface area contributed by atoms with E-state index < -0.39 is 11.9 Å². The molecule has 0 atom stereocenters. The zero-order valence-corrected chi connectivity index (χ0v) is 16.4. The zero-order valence-electron chi connectivity index (χ0n) is 16.4. The summed E-state index contributed by atoms with van der Waals surface area (Å²) in [4.78, 5) is 12.2. The zero-order chi connectivity index (χ0) is 21.6. The van der Waals surface area contributed by atoms with Gasteiger partial charge in [-0.05, 0) is 48.7 Å². The van der Waals surface area contributed by atoms with E-state index in [2.05, 4.69) is 10.4 Å². The van der Waals surface area contributed by atoms with Gasteiger partial charge in [-0.3, -0.25) is 4.79 Å². The van der Waals surface area contributed by atoms with Crippen LogP contribution in [0.15, 0.2) is 60.8 Å². The number of rotatable bonds is 8. The molecule has 0 aliphatic heterocycles. The lowest BCUT2D eigenvalue weighted by molar-refractivity contribution is -0.141. The minimum absolute atomic E-state index is 0.0905. The molecular formula is C22H22F3N3O2. The largest absolute Gasteiger partial charge is 0.494 e. The van der Waals surface area contributed by atoms with Gasteiger partial charge in [0, 0.05) is 19.2 Å². The van der Waals surface area contributed by atoms with Gasteiger partial charge in [-0.15, -0.1) is 0 Å². The number of alkyl halides is 3. The van der Waals surface area contributed by atoms with Crippen molar-refractivity contribution in [2.75, 3.05) is 6.61 Å². The highest BCUT2D eigenvalue weighted by atomic mass is 19.4. The summed E-state index contributed by atoms with van der Waals surface area (Å²) >= 11 is 0. The van der Waals surface area contributed by atoms with Gasteiger partial charge < -0.3 is 10.1 Å². The summed E-state index contributed by atoms with van der Waals surface area (Å²) in [6, 6.07) is 15.4. The molecule has 0 spiro atoms. The van der Waals surface area contributed by atoms with Crippen molar-refractivity contribution < 1.29 is 22.7 Å². The monoisotopic (exact) mass is 417 g/mol. The van der Waals surface area contributed by atoms with Crippen molar-refractivity contribution in [1.29, 1.82) is 0 Å². The second-order valence-electron chi connectivity index (χ2n) is 6.63. The van der Waals surface area contributed by atoms with Gasteiger partial charge in [0.1, 0.15) is 5.75 Å². The molecule has 0 bridgehead atoms. The van der Waals surface area contributed by atoms with Gasteiger partial charge in [0.2, 0.25) is 5.91 Å². The van der Waals surface area contributed by atoms with Crippen LogP contribution in [-0.2, 0) is 23.9 Å². The van der Waals surface area contributed by atoms with Crippen molar-refractivity contribution in [3.05, 3.63) is 77.6 Å². The number of hydrogen-bond acceptors (Lipinski definition) is 3. The van der Waals surface area contributed by atoms with Crippen LogP contribution in [0.3, 0.4) is 0 Å². The molecule has 1 amide bonds. The normalized spacial score (nSPS) is 11.3. The Kier molecular flexibility index (Phi) is 6.76. The van der Waals surface area contributed by atoms with E-state index in [9.17, 15) is 18.0 Å². The number of aromatic nitrogens is 2. The van der Waals surface area contributed by atoms with Crippen molar-refractivity contribution in [2.24, 2.45) is 0 Å². The van der Waals surface area contributed by atoms with Gasteiger partial charge in [0.05, 0.1) is 12.3 Å². The van der Waals surface area contributed by atoms with Gasteiger partial charge in [-0.2, -0.15) is 18.3 Å². The van der Waals surface area contributed by atoms with E-state index in [1.54, 1.807) is 24.3 Å². The summed E-state index contributed by atoms with van der Waals surface area (Å²) in [6.07, 6.45) is -2.31. The Morgan fingerprint density at radius 1 is 1.10 bits per heavy atom. The molecule has 8 heteroatoms. The predicted octanol–water partition coefficient (Wildman–Crippen LogP) is 4.54. The highest BCUT2D eigenvalue weighted by Crippen LogP contribution is 2.27. The summed E-state index contributed by atoms with van der Waals surface area (Å²) in [5.74, 6) is 0.697. The van der Waals surface area contributed by atoms with Gasteiger partial charge in [0.15, 0.2) is 5.69 Å². The number of nitrogens with one attached hydrogen (secondary N) is 1. The van der Waals surface area contributed by atoms with Crippen LogP contribution in [-0.4, -0.2) is 22.3 Å². The molecular weight excluding hydrogens is 395 g/mol. The van der Waals surface area contributed by atoms with Crippen LogP contribution < -0.4 is 10.1 Å². The molecule has 0 aliphatic rings. The highest BCUT2D eigenvalue weighted by molar-refractivity contribution is 5.76. The molecule has 1 N–H and O–H groups in total. The predicted molar refractivity (Wildman–Crippen MR) is 106 cm³/mol. The van der Waals surface area contributed by atoms with Gasteiger partial charge >= 0.3 is 6.18 Å². The van der Waals surface area contributed by atoms with Crippen molar-refractivity contribution in [3.63, 3.8) is 0 Å². The molecule has 3 aromatic rings. The van der Waals surface area contributed by atoms with E-state index in [1.165, 1.54) is 10.9 Å². The third-order valence-corrected chi connectivity index (χ3v) is 4.46. The Morgan fingerprint density at radius 3 is 2.50 bits per heavy atom. The summed E-state index contributed by atoms with van der Waals surface area (Å²) in [5, 5.41) is 6.39. The number of nitrogens with zero attached hydrogens (tertiary/aromatic N) is 2. The quantitative estimate of drug-likeness (QED) is 0.586. The summed E-state index contributed by atoms with van der Waals surface area (Å²) in [6.45, 7) is 2.81. The van der Waals surface area contributed by atoms with Crippen molar-refractivity contribution >= 4 is 5.91 Å². The number of benzene rings is 2. The second-order valence-corrected chi connectivity index (χ2v) is 6.63. The van der Waals surface area contributed by atoms with Crippen LogP contribution in [0, 0.1) is 0 Å². The minimum Gasteiger partial charge on any atom is -0.494 e. The maximum Gasteiger partial charge on any atom is 0.435 e. The van der Waals surface area contributed by atoms with E-state index in [0.717, 1.165) is 22.9 Å². The van der Waals surface area contributed by atoms with Gasteiger partial charge in [0.25, 0.3) is 0 Å². The number of amides is 1. The van der Waals surface area contributed by atoms with Crippen molar-refractivity contribution in [2.45, 2.75) is 32.5 Å². The third kappa shape index (κ3) is 5.62. The highest BCUT2D eigenvalue weighted by Gasteiger charge is 2.33. The first-order chi connectivity index (χ1) is 14.4. The van der Waals surface area contributed by atoms with E-state index in [-0.39, 0.29) is 5.91 Å². The molecule has 0 aliphatic carbocycles. The molecule has 1 aromatic heterocycles. The lowest BCUT2D eigenvalue weighted by atomic mass is 10.1. The molecule has 0 saturated carbocycles. The Labute approximate surface area is 172 Å². The maximum absolute atomic E-state index is 12.7. The van der Waals surface area contributed by atoms with Crippen LogP contribution in [0.2, 0.25) is 0 Å². The average molecular weight is 417 g/mol.